The molecule has 9 heteroatoms. The van der Waals surface area contributed by atoms with Crippen LogP contribution in [0.3, 0.4) is 0 Å². The molecular weight excluding hydrogens is 432 g/mol. The van der Waals surface area contributed by atoms with Crippen LogP contribution in [-0.2, 0) is 4.79 Å². The van der Waals surface area contributed by atoms with Crippen LogP contribution in [0, 0.1) is 10.1 Å². The maximum atomic E-state index is 12.3. The second kappa shape index (κ2) is 8.83. The zero-order chi connectivity index (χ0) is 22.7. The normalized spacial score (nSPS) is 13.8. The number of halogens is 1. The topological polar surface area (TPSA) is 114 Å². The number of nitro groups is 1. The molecule has 0 aromatic heterocycles. The van der Waals surface area contributed by atoms with E-state index in [2.05, 4.69) is 15.8 Å². The number of hydrazone groups is 1. The number of rotatable bonds is 5. The number of carbonyl (C=O) groups is 2. The molecule has 8 nitrogen and oxygen atoms in total. The summed E-state index contributed by atoms with van der Waals surface area (Å²) in [4.78, 5) is 34.9. The van der Waals surface area contributed by atoms with Crippen LogP contribution in [0.5, 0.6) is 0 Å². The number of nitro benzene ring substituents is 1. The monoisotopic (exact) mass is 446 g/mol. The van der Waals surface area contributed by atoms with Crippen LogP contribution in [0.25, 0.3) is 11.6 Å². The number of fused-ring (bicyclic) bond motifs is 1. The molecule has 1 aliphatic rings. The van der Waals surface area contributed by atoms with Crippen LogP contribution in [0.4, 0.5) is 11.4 Å². The average molecular weight is 447 g/mol. The Kier molecular flexibility index (Phi) is 5.78. The highest BCUT2D eigenvalue weighted by Crippen LogP contribution is 2.34. The van der Waals surface area contributed by atoms with Gasteiger partial charge in [0.15, 0.2) is 0 Å². The molecule has 0 unspecified atom stereocenters. The van der Waals surface area contributed by atoms with Crippen molar-refractivity contribution in [2.24, 2.45) is 5.10 Å². The minimum atomic E-state index is -0.505. The largest absolute Gasteiger partial charge is 0.321 e. The highest BCUT2D eigenvalue weighted by molar-refractivity contribution is 6.36. The van der Waals surface area contributed by atoms with E-state index in [0.717, 1.165) is 11.1 Å². The summed E-state index contributed by atoms with van der Waals surface area (Å²) >= 11 is 6.05. The number of amides is 2. The van der Waals surface area contributed by atoms with Crippen molar-refractivity contribution >= 4 is 52.7 Å². The van der Waals surface area contributed by atoms with E-state index in [4.69, 9.17) is 11.6 Å². The van der Waals surface area contributed by atoms with Crippen molar-refractivity contribution in [3.05, 3.63) is 104 Å². The highest BCUT2D eigenvalue weighted by atomic mass is 35.5. The fourth-order valence-corrected chi connectivity index (χ4v) is 3.32. The predicted molar refractivity (Wildman–Crippen MR) is 123 cm³/mol. The van der Waals surface area contributed by atoms with Crippen molar-refractivity contribution in [2.75, 3.05) is 5.32 Å². The van der Waals surface area contributed by atoms with Gasteiger partial charge in [-0.05, 0) is 42.0 Å². The third-order valence-corrected chi connectivity index (χ3v) is 4.94. The second-order valence-electron chi connectivity index (χ2n) is 6.88. The van der Waals surface area contributed by atoms with Crippen LogP contribution < -0.4 is 10.7 Å². The van der Waals surface area contributed by atoms with Crippen LogP contribution in [0.1, 0.15) is 27.0 Å². The summed E-state index contributed by atoms with van der Waals surface area (Å²) in [6.07, 6.45) is 3.05. The summed E-state index contributed by atoms with van der Waals surface area (Å²) in [6, 6.07) is 17.7. The third-order valence-electron chi connectivity index (χ3n) is 4.71. The molecule has 158 valence electrons. The number of anilines is 1. The van der Waals surface area contributed by atoms with E-state index in [1.54, 1.807) is 54.6 Å². The number of hydrogen-bond donors (Lipinski definition) is 2. The van der Waals surface area contributed by atoms with Crippen LogP contribution in [0.2, 0.25) is 5.02 Å². The molecule has 0 fully saturated rings. The van der Waals surface area contributed by atoms with Gasteiger partial charge in [0.2, 0.25) is 0 Å². The molecule has 2 amide bonds. The van der Waals surface area contributed by atoms with Gasteiger partial charge in [-0.2, -0.15) is 5.10 Å². The first kappa shape index (κ1) is 21.0. The Morgan fingerprint density at radius 1 is 1.06 bits per heavy atom. The molecule has 1 aliphatic heterocycles. The summed E-state index contributed by atoms with van der Waals surface area (Å²) < 4.78 is 0. The predicted octanol–water partition coefficient (Wildman–Crippen LogP) is 4.50. The molecule has 0 saturated heterocycles. The van der Waals surface area contributed by atoms with Crippen molar-refractivity contribution in [1.29, 1.82) is 0 Å². The van der Waals surface area contributed by atoms with E-state index in [1.165, 1.54) is 24.4 Å². The molecule has 0 radical (unpaired) electrons. The zero-order valence-electron chi connectivity index (χ0n) is 16.4. The maximum Gasteiger partial charge on any atom is 0.271 e. The molecule has 3 aromatic rings. The van der Waals surface area contributed by atoms with Crippen molar-refractivity contribution in [3.8, 4) is 0 Å². The van der Waals surface area contributed by atoms with Gasteiger partial charge in [0.25, 0.3) is 17.5 Å². The SMILES string of the molecule is O=C1Nc2ccc(Cl)cc2/C1=C\c1ccc(C(=O)N/N=C/c2cccc([N+](=O)[O-])c2)cc1. The Balaban J connectivity index is 1.45. The van der Waals surface area contributed by atoms with Gasteiger partial charge in [0.1, 0.15) is 0 Å². The molecule has 4 rings (SSSR count). The number of nitrogens with zero attached hydrogens (tertiary/aromatic N) is 2. The average Bonchev–Trinajstić information content (AvgIpc) is 3.09. The summed E-state index contributed by atoms with van der Waals surface area (Å²) in [7, 11) is 0. The lowest BCUT2D eigenvalue weighted by molar-refractivity contribution is -0.384. The van der Waals surface area contributed by atoms with E-state index in [1.807, 2.05) is 0 Å². The number of benzene rings is 3. The molecule has 0 spiro atoms. The van der Waals surface area contributed by atoms with E-state index < -0.39 is 10.8 Å². The van der Waals surface area contributed by atoms with Gasteiger partial charge in [-0.1, -0.05) is 35.9 Å². The number of nitrogens with one attached hydrogen (secondary N) is 2. The molecular formula is C23H15ClN4O4. The van der Waals surface area contributed by atoms with Crippen molar-refractivity contribution < 1.29 is 14.5 Å². The molecule has 0 bridgehead atoms. The van der Waals surface area contributed by atoms with Gasteiger partial charge < -0.3 is 5.32 Å². The molecule has 1 heterocycles. The van der Waals surface area contributed by atoms with Gasteiger partial charge in [-0.25, -0.2) is 5.43 Å². The smallest absolute Gasteiger partial charge is 0.271 e. The Labute approximate surface area is 187 Å². The molecule has 0 atom stereocenters. The van der Waals surface area contributed by atoms with Gasteiger partial charge in [-0.3, -0.25) is 19.7 Å². The molecule has 3 aromatic carbocycles. The third kappa shape index (κ3) is 4.55. The molecule has 2 N–H and O–H groups in total. The minimum absolute atomic E-state index is 0.0641. The lowest BCUT2D eigenvalue weighted by Crippen LogP contribution is -2.17. The Morgan fingerprint density at radius 2 is 1.84 bits per heavy atom. The lowest BCUT2D eigenvalue weighted by Gasteiger charge is -2.02. The first-order valence-corrected chi connectivity index (χ1v) is 9.79. The quantitative estimate of drug-likeness (QED) is 0.260. The van der Waals surface area contributed by atoms with Gasteiger partial charge in [0, 0.05) is 45.1 Å². The molecule has 32 heavy (non-hydrogen) atoms. The van der Waals surface area contributed by atoms with Gasteiger partial charge in [0.05, 0.1) is 11.1 Å². The molecule has 0 saturated carbocycles. The van der Waals surface area contributed by atoms with Crippen LogP contribution in [0.15, 0.2) is 71.8 Å². The number of hydrogen-bond acceptors (Lipinski definition) is 5. The standard InChI is InChI=1S/C23H15ClN4O4/c24-17-8-9-21-19(12-17)20(23(30)26-21)11-14-4-6-16(7-5-14)22(29)27-25-13-15-2-1-3-18(10-15)28(31)32/h1-13H,(H,26,30)(H,27,29)/b20-11+,25-13+. The summed E-state index contributed by atoms with van der Waals surface area (Å²) in [5.41, 5.74) is 5.81. The Bertz CT molecular complexity index is 1300. The summed E-state index contributed by atoms with van der Waals surface area (Å²) in [5, 5.41) is 18.0. The van der Waals surface area contributed by atoms with E-state index >= 15 is 0 Å². The van der Waals surface area contributed by atoms with Gasteiger partial charge in [-0.15, -0.1) is 0 Å². The van der Waals surface area contributed by atoms with E-state index in [-0.39, 0.29) is 11.6 Å². The van der Waals surface area contributed by atoms with E-state index in [0.29, 0.717) is 27.4 Å². The minimum Gasteiger partial charge on any atom is -0.321 e. The second-order valence-corrected chi connectivity index (χ2v) is 7.31. The summed E-state index contributed by atoms with van der Waals surface area (Å²) in [5.74, 6) is -0.666. The van der Waals surface area contributed by atoms with Crippen molar-refractivity contribution in [2.45, 2.75) is 0 Å². The van der Waals surface area contributed by atoms with Crippen LogP contribution in [-0.4, -0.2) is 23.0 Å². The fourth-order valence-electron chi connectivity index (χ4n) is 3.15. The van der Waals surface area contributed by atoms with Gasteiger partial charge >= 0.3 is 0 Å². The lowest BCUT2D eigenvalue weighted by atomic mass is 10.0. The van der Waals surface area contributed by atoms with Crippen molar-refractivity contribution in [1.82, 2.24) is 5.43 Å². The fraction of sp³-hybridized carbons (Fsp3) is 0. The first-order valence-electron chi connectivity index (χ1n) is 9.41. The zero-order valence-corrected chi connectivity index (χ0v) is 17.2. The Hall–Kier alpha value is -4.30. The number of non-ortho nitro benzene ring substituents is 1. The van der Waals surface area contributed by atoms with Crippen molar-refractivity contribution in [3.63, 3.8) is 0 Å². The number of carbonyl (C=O) groups excluding carboxylic acids is 2. The molecule has 0 aliphatic carbocycles. The highest BCUT2D eigenvalue weighted by Gasteiger charge is 2.24. The Morgan fingerprint density at radius 3 is 2.59 bits per heavy atom. The van der Waals surface area contributed by atoms with Crippen LogP contribution >= 0.6 is 11.6 Å². The first-order chi connectivity index (χ1) is 15.4. The van der Waals surface area contributed by atoms with E-state index in [9.17, 15) is 19.7 Å². The maximum absolute atomic E-state index is 12.3. The summed E-state index contributed by atoms with van der Waals surface area (Å²) in [6.45, 7) is 0.